The van der Waals surface area contributed by atoms with E-state index in [9.17, 15) is 4.79 Å². The van der Waals surface area contributed by atoms with Gasteiger partial charge < -0.3 is 15.1 Å². The molecular formula is C24H28N6O. The van der Waals surface area contributed by atoms with Crippen LogP contribution in [0.5, 0.6) is 0 Å². The van der Waals surface area contributed by atoms with Crippen LogP contribution in [0.4, 0.5) is 11.4 Å². The lowest BCUT2D eigenvalue weighted by Gasteiger charge is -2.35. The van der Waals surface area contributed by atoms with Crippen molar-refractivity contribution >= 4 is 28.3 Å². The van der Waals surface area contributed by atoms with Gasteiger partial charge in [-0.15, -0.1) is 0 Å². The molecule has 5 heterocycles. The summed E-state index contributed by atoms with van der Waals surface area (Å²) in [7, 11) is 1.93. The first-order valence-corrected chi connectivity index (χ1v) is 11.2. The first-order valence-electron chi connectivity index (χ1n) is 11.2. The Balaban J connectivity index is 1.30. The van der Waals surface area contributed by atoms with Crippen molar-refractivity contribution in [1.29, 1.82) is 0 Å². The van der Waals surface area contributed by atoms with Gasteiger partial charge in [0.2, 0.25) is 5.91 Å². The summed E-state index contributed by atoms with van der Waals surface area (Å²) >= 11 is 0. The molecule has 3 aliphatic rings. The topological polar surface area (TPSA) is 66.3 Å². The van der Waals surface area contributed by atoms with Crippen LogP contribution in [0.2, 0.25) is 0 Å². The average Bonchev–Trinajstić information content (AvgIpc) is 3.47. The molecule has 160 valence electrons. The smallest absolute Gasteiger partial charge is 0.227 e. The van der Waals surface area contributed by atoms with Gasteiger partial charge in [0.15, 0.2) is 5.65 Å². The van der Waals surface area contributed by atoms with Crippen molar-refractivity contribution in [3.63, 3.8) is 0 Å². The number of aryl methyl sites for hydroxylation is 1. The number of fused-ring (bicyclic) bond motifs is 2. The predicted molar refractivity (Wildman–Crippen MR) is 121 cm³/mol. The molecular weight excluding hydrogens is 388 g/mol. The summed E-state index contributed by atoms with van der Waals surface area (Å²) in [6.45, 7) is 6.90. The van der Waals surface area contributed by atoms with Crippen LogP contribution in [0.1, 0.15) is 36.8 Å². The lowest BCUT2D eigenvalue weighted by atomic mass is 9.86. The zero-order valence-electron chi connectivity index (χ0n) is 18.1. The van der Waals surface area contributed by atoms with Crippen LogP contribution in [0.3, 0.4) is 0 Å². The number of rotatable bonds is 2. The highest BCUT2D eigenvalue weighted by atomic mass is 16.2. The molecule has 2 saturated heterocycles. The summed E-state index contributed by atoms with van der Waals surface area (Å²) in [6.07, 6.45) is 5.55. The number of carbonyl (C=O) groups excluding carboxylic acids is 1. The van der Waals surface area contributed by atoms with Crippen molar-refractivity contribution < 1.29 is 4.79 Å². The Hall–Kier alpha value is -2.93. The molecule has 0 saturated carbocycles. The van der Waals surface area contributed by atoms with Gasteiger partial charge in [-0.2, -0.15) is 5.10 Å². The van der Waals surface area contributed by atoms with E-state index in [2.05, 4.69) is 51.5 Å². The summed E-state index contributed by atoms with van der Waals surface area (Å²) < 4.78 is 1.83. The molecule has 7 nitrogen and oxygen atoms in total. The van der Waals surface area contributed by atoms with Gasteiger partial charge in [0, 0.05) is 56.9 Å². The Bertz CT molecular complexity index is 1180. The largest absolute Gasteiger partial charge is 0.366 e. The Morgan fingerprint density at radius 3 is 3.00 bits per heavy atom. The Morgan fingerprint density at radius 2 is 2.16 bits per heavy atom. The normalized spacial score (nSPS) is 25.7. The summed E-state index contributed by atoms with van der Waals surface area (Å²) in [5.74, 6) is 0.646. The molecule has 3 aliphatic heterocycles. The maximum atomic E-state index is 12.8. The maximum absolute atomic E-state index is 12.8. The van der Waals surface area contributed by atoms with Gasteiger partial charge in [-0.05, 0) is 48.2 Å². The van der Waals surface area contributed by atoms with E-state index >= 15 is 0 Å². The quantitative estimate of drug-likeness (QED) is 0.696. The van der Waals surface area contributed by atoms with Crippen molar-refractivity contribution in [3.8, 4) is 0 Å². The number of hydrogen-bond donors (Lipinski definition) is 1. The molecule has 1 spiro atoms. The van der Waals surface area contributed by atoms with E-state index in [1.165, 1.54) is 16.8 Å². The molecule has 2 aromatic heterocycles. The highest BCUT2D eigenvalue weighted by Gasteiger charge is 2.45. The van der Waals surface area contributed by atoms with E-state index in [1.807, 2.05) is 29.0 Å². The van der Waals surface area contributed by atoms with Crippen LogP contribution in [-0.4, -0.2) is 46.9 Å². The molecule has 0 radical (unpaired) electrons. The molecule has 2 atom stereocenters. The van der Waals surface area contributed by atoms with Crippen LogP contribution in [0.25, 0.3) is 11.0 Å². The number of pyridine rings is 1. The number of benzene rings is 1. The second-order valence-electron chi connectivity index (χ2n) is 9.58. The summed E-state index contributed by atoms with van der Waals surface area (Å²) in [5.41, 5.74) is 5.99. The Morgan fingerprint density at radius 1 is 1.26 bits per heavy atom. The first kappa shape index (κ1) is 18.8. The second kappa shape index (κ2) is 6.79. The van der Waals surface area contributed by atoms with Crippen LogP contribution in [0.15, 0.2) is 36.7 Å². The van der Waals surface area contributed by atoms with E-state index < -0.39 is 0 Å². The minimum atomic E-state index is 0.131. The number of aromatic nitrogens is 3. The van der Waals surface area contributed by atoms with Crippen molar-refractivity contribution in [1.82, 2.24) is 20.1 Å². The van der Waals surface area contributed by atoms with E-state index in [0.717, 1.165) is 55.9 Å². The summed E-state index contributed by atoms with van der Waals surface area (Å²) in [4.78, 5) is 21.8. The Kier molecular flexibility index (Phi) is 4.12. The van der Waals surface area contributed by atoms with Crippen molar-refractivity contribution in [2.75, 3.05) is 36.0 Å². The van der Waals surface area contributed by atoms with Gasteiger partial charge in [0.1, 0.15) is 0 Å². The fourth-order valence-electron chi connectivity index (χ4n) is 5.76. The summed E-state index contributed by atoms with van der Waals surface area (Å²) in [6, 6.07) is 8.72. The van der Waals surface area contributed by atoms with Gasteiger partial charge in [0.25, 0.3) is 0 Å². The molecule has 1 amide bonds. The fourth-order valence-corrected chi connectivity index (χ4v) is 5.76. The third-order valence-electron chi connectivity index (χ3n) is 7.43. The maximum Gasteiger partial charge on any atom is 0.227 e. The predicted octanol–water partition coefficient (Wildman–Crippen LogP) is 2.81. The van der Waals surface area contributed by atoms with Crippen LogP contribution in [0, 0.1) is 5.41 Å². The van der Waals surface area contributed by atoms with E-state index in [4.69, 9.17) is 0 Å². The number of nitrogens with one attached hydrogen (secondary N) is 1. The standard InChI is InChI=1S/C24H28N6O/c1-16-12-29(21-5-7-26-23-20(21)11-27-28(23)2)13-17-3-4-18(9-19(16)17)30-15-24(10-22(30)31)6-8-25-14-24/h3-5,7,9,11,16,25H,6,8,10,12-15H2,1-2H3/t16-,24?/m0/s1. The van der Waals surface area contributed by atoms with Crippen molar-refractivity contribution in [3.05, 3.63) is 47.8 Å². The van der Waals surface area contributed by atoms with E-state index in [-0.39, 0.29) is 11.3 Å². The number of anilines is 2. The van der Waals surface area contributed by atoms with Gasteiger partial charge in [-0.25, -0.2) is 4.98 Å². The van der Waals surface area contributed by atoms with Gasteiger partial charge in [-0.3, -0.25) is 9.48 Å². The monoisotopic (exact) mass is 416 g/mol. The molecule has 3 aromatic rings. The minimum Gasteiger partial charge on any atom is -0.366 e. The van der Waals surface area contributed by atoms with Crippen LogP contribution in [-0.2, 0) is 18.4 Å². The molecule has 1 N–H and O–H groups in total. The molecule has 31 heavy (non-hydrogen) atoms. The average molecular weight is 417 g/mol. The van der Waals surface area contributed by atoms with Gasteiger partial charge >= 0.3 is 0 Å². The van der Waals surface area contributed by atoms with E-state index in [0.29, 0.717) is 12.3 Å². The highest BCUT2D eigenvalue weighted by Crippen LogP contribution is 2.41. The number of amides is 1. The van der Waals surface area contributed by atoms with Crippen molar-refractivity contribution in [2.45, 2.75) is 32.2 Å². The van der Waals surface area contributed by atoms with E-state index in [1.54, 1.807) is 0 Å². The van der Waals surface area contributed by atoms with Gasteiger partial charge in [0.05, 0.1) is 17.3 Å². The van der Waals surface area contributed by atoms with Crippen LogP contribution >= 0.6 is 0 Å². The molecule has 0 bridgehead atoms. The van der Waals surface area contributed by atoms with Gasteiger partial charge in [-0.1, -0.05) is 13.0 Å². The molecule has 6 rings (SSSR count). The first-order chi connectivity index (χ1) is 15.0. The van der Waals surface area contributed by atoms with Crippen molar-refractivity contribution in [2.24, 2.45) is 12.5 Å². The van der Waals surface area contributed by atoms with Crippen LogP contribution < -0.4 is 15.1 Å². The zero-order valence-corrected chi connectivity index (χ0v) is 18.1. The molecule has 1 unspecified atom stereocenters. The number of nitrogens with zero attached hydrogens (tertiary/aromatic N) is 5. The third kappa shape index (κ3) is 2.94. The fraction of sp³-hybridized carbons (Fsp3) is 0.458. The molecule has 0 aliphatic carbocycles. The number of carbonyl (C=O) groups is 1. The molecule has 2 fully saturated rings. The lowest BCUT2D eigenvalue weighted by Crippen LogP contribution is -2.33. The minimum absolute atomic E-state index is 0.131. The molecule has 1 aromatic carbocycles. The second-order valence-corrected chi connectivity index (χ2v) is 9.58. The third-order valence-corrected chi connectivity index (χ3v) is 7.43. The zero-order chi connectivity index (χ0) is 21.2. The number of hydrogen-bond acceptors (Lipinski definition) is 5. The SMILES string of the molecule is C[C@H]1CN(c2ccnc3c2cnn3C)Cc2ccc(N3CC4(CCNC4)CC3=O)cc21. The molecule has 7 heteroatoms. The summed E-state index contributed by atoms with van der Waals surface area (Å²) in [5, 5.41) is 8.93. The Labute approximate surface area is 182 Å². The highest BCUT2D eigenvalue weighted by molar-refractivity contribution is 5.96. The lowest BCUT2D eigenvalue weighted by molar-refractivity contribution is -0.117.